The normalized spacial score (nSPS) is 28.9. The van der Waals surface area contributed by atoms with Gasteiger partial charge in [0.15, 0.2) is 0 Å². The summed E-state index contributed by atoms with van der Waals surface area (Å²) in [4.78, 5) is 18.9. The van der Waals surface area contributed by atoms with E-state index in [1.54, 1.807) is 17.5 Å². The predicted molar refractivity (Wildman–Crippen MR) is 75.4 cm³/mol. The van der Waals surface area contributed by atoms with E-state index in [0.717, 1.165) is 23.2 Å². The Morgan fingerprint density at radius 3 is 3.21 bits per heavy atom. The number of rotatable bonds is 2. The summed E-state index contributed by atoms with van der Waals surface area (Å²) in [5.41, 5.74) is 0.535. The quantitative estimate of drug-likeness (QED) is 0.906. The van der Waals surface area contributed by atoms with Crippen molar-refractivity contribution in [3.8, 4) is 0 Å². The third-order valence-electron chi connectivity index (χ3n) is 4.22. The maximum absolute atomic E-state index is 12.3. The van der Waals surface area contributed by atoms with Crippen molar-refractivity contribution >= 4 is 27.3 Å². The highest BCUT2D eigenvalue weighted by Crippen LogP contribution is 2.28. The summed E-state index contributed by atoms with van der Waals surface area (Å²) in [6.07, 6.45) is 2.99. The Hall–Kier alpha value is -1.46. The zero-order chi connectivity index (χ0) is 12.8. The third-order valence-corrected chi connectivity index (χ3v) is 5.10. The van der Waals surface area contributed by atoms with Crippen LogP contribution in [0, 0.1) is 5.92 Å². The van der Waals surface area contributed by atoms with E-state index in [0.29, 0.717) is 17.7 Å². The lowest BCUT2D eigenvalue weighted by Crippen LogP contribution is -2.43. The molecule has 0 saturated carbocycles. The van der Waals surface area contributed by atoms with Crippen LogP contribution in [0.3, 0.4) is 0 Å². The maximum atomic E-state index is 12.3. The molecule has 2 unspecified atom stereocenters. The van der Waals surface area contributed by atoms with Crippen molar-refractivity contribution in [3.63, 3.8) is 0 Å². The van der Waals surface area contributed by atoms with Crippen molar-refractivity contribution in [2.24, 2.45) is 5.92 Å². The van der Waals surface area contributed by atoms with Crippen LogP contribution in [0.15, 0.2) is 23.7 Å². The SMILES string of the molecule is O=C(NC1CN2CC[C@H]1C2)c1cc2sccc2cn1. The predicted octanol–water partition coefficient (Wildman–Crippen LogP) is 1.73. The number of pyridine rings is 1. The van der Waals surface area contributed by atoms with Crippen LogP contribution < -0.4 is 5.32 Å². The van der Waals surface area contributed by atoms with Gasteiger partial charge in [-0.3, -0.25) is 9.78 Å². The molecule has 3 atom stereocenters. The van der Waals surface area contributed by atoms with Gasteiger partial charge in [0.1, 0.15) is 5.69 Å². The lowest BCUT2D eigenvalue weighted by molar-refractivity contribution is 0.0919. The van der Waals surface area contributed by atoms with E-state index in [-0.39, 0.29) is 5.91 Å². The Kier molecular flexibility index (Phi) is 2.56. The van der Waals surface area contributed by atoms with Crippen molar-refractivity contribution < 1.29 is 4.79 Å². The summed E-state index contributed by atoms with van der Waals surface area (Å²) >= 11 is 1.65. The Balaban J connectivity index is 1.53. The van der Waals surface area contributed by atoms with Gasteiger partial charge in [-0.15, -0.1) is 11.3 Å². The molecule has 4 heterocycles. The highest BCUT2D eigenvalue weighted by atomic mass is 32.1. The Morgan fingerprint density at radius 1 is 1.47 bits per heavy atom. The van der Waals surface area contributed by atoms with E-state index in [9.17, 15) is 4.79 Å². The van der Waals surface area contributed by atoms with Gasteiger partial charge < -0.3 is 10.2 Å². The first kappa shape index (κ1) is 11.4. The lowest BCUT2D eigenvalue weighted by atomic mass is 10.00. The molecule has 19 heavy (non-hydrogen) atoms. The first-order valence-electron chi connectivity index (χ1n) is 6.66. The van der Waals surface area contributed by atoms with Gasteiger partial charge in [0.05, 0.1) is 0 Å². The Labute approximate surface area is 115 Å². The number of thiophene rings is 1. The molecule has 2 aliphatic rings. The van der Waals surface area contributed by atoms with Crippen LogP contribution in [0.1, 0.15) is 16.9 Å². The van der Waals surface area contributed by atoms with Crippen LogP contribution >= 0.6 is 11.3 Å². The van der Waals surface area contributed by atoms with Gasteiger partial charge in [-0.2, -0.15) is 0 Å². The van der Waals surface area contributed by atoms with Crippen LogP contribution in [0.4, 0.5) is 0 Å². The minimum Gasteiger partial charge on any atom is -0.346 e. The molecule has 2 fully saturated rings. The number of carbonyl (C=O) groups is 1. The standard InChI is InChI=1S/C14H15N3OS/c18-14(16-12-8-17-3-1-10(12)7-17)11-5-13-9(6-15-11)2-4-19-13/h2,4-6,10,12H,1,3,7-8H2,(H,16,18)/t10-,12?/m0/s1. The monoisotopic (exact) mass is 273 g/mol. The largest absolute Gasteiger partial charge is 0.346 e. The fraction of sp³-hybridized carbons (Fsp3) is 0.429. The fourth-order valence-electron chi connectivity index (χ4n) is 3.17. The molecule has 98 valence electrons. The van der Waals surface area contributed by atoms with Crippen molar-refractivity contribution in [2.75, 3.05) is 19.6 Å². The van der Waals surface area contributed by atoms with Gasteiger partial charge in [0, 0.05) is 35.4 Å². The van der Waals surface area contributed by atoms with Gasteiger partial charge in [0.25, 0.3) is 5.91 Å². The molecule has 0 aromatic carbocycles. The number of amides is 1. The second-order valence-corrected chi connectivity index (χ2v) is 6.36. The molecule has 0 spiro atoms. The summed E-state index contributed by atoms with van der Waals surface area (Å²) in [5, 5.41) is 6.27. The van der Waals surface area contributed by atoms with Gasteiger partial charge in [-0.05, 0) is 36.4 Å². The summed E-state index contributed by atoms with van der Waals surface area (Å²) in [7, 11) is 0. The number of nitrogens with zero attached hydrogens (tertiary/aromatic N) is 2. The van der Waals surface area contributed by atoms with E-state index < -0.39 is 0 Å². The summed E-state index contributed by atoms with van der Waals surface area (Å²) in [6, 6.07) is 4.22. The molecule has 2 bridgehead atoms. The molecule has 4 rings (SSSR count). The van der Waals surface area contributed by atoms with Crippen LogP contribution in [-0.4, -0.2) is 41.5 Å². The molecule has 1 amide bonds. The molecule has 2 saturated heterocycles. The van der Waals surface area contributed by atoms with Gasteiger partial charge in [-0.1, -0.05) is 0 Å². The Bertz CT molecular complexity index is 638. The van der Waals surface area contributed by atoms with Crippen molar-refractivity contribution in [3.05, 3.63) is 29.4 Å². The molecular formula is C14H15N3OS. The third kappa shape index (κ3) is 1.93. The van der Waals surface area contributed by atoms with Crippen LogP contribution in [0.2, 0.25) is 0 Å². The molecule has 0 aliphatic carbocycles. The highest BCUT2D eigenvalue weighted by Gasteiger charge is 2.38. The number of hydrogen-bond acceptors (Lipinski definition) is 4. The molecule has 2 aromatic heterocycles. The zero-order valence-electron chi connectivity index (χ0n) is 10.5. The summed E-state index contributed by atoms with van der Waals surface area (Å²) in [5.74, 6) is 0.600. The van der Waals surface area contributed by atoms with E-state index >= 15 is 0 Å². The van der Waals surface area contributed by atoms with Gasteiger partial charge in [-0.25, -0.2) is 0 Å². The zero-order valence-corrected chi connectivity index (χ0v) is 11.3. The minimum atomic E-state index is -0.0333. The fourth-order valence-corrected chi connectivity index (χ4v) is 3.97. The minimum absolute atomic E-state index is 0.0333. The van der Waals surface area contributed by atoms with E-state index in [1.807, 2.05) is 17.5 Å². The molecule has 0 radical (unpaired) electrons. The number of fused-ring (bicyclic) bond motifs is 3. The summed E-state index contributed by atoms with van der Waals surface area (Å²) in [6.45, 7) is 3.33. The molecule has 1 N–H and O–H groups in total. The van der Waals surface area contributed by atoms with E-state index in [1.165, 1.54) is 13.0 Å². The molecule has 2 aromatic rings. The van der Waals surface area contributed by atoms with Crippen LogP contribution in [0.25, 0.3) is 10.1 Å². The molecular weight excluding hydrogens is 258 g/mol. The average Bonchev–Trinajstić information content (AvgIpc) is 3.13. The second-order valence-electron chi connectivity index (χ2n) is 5.42. The number of aromatic nitrogens is 1. The van der Waals surface area contributed by atoms with E-state index in [4.69, 9.17) is 0 Å². The van der Waals surface area contributed by atoms with Gasteiger partial charge in [0.2, 0.25) is 0 Å². The van der Waals surface area contributed by atoms with Crippen LogP contribution in [-0.2, 0) is 0 Å². The number of carbonyl (C=O) groups excluding carboxylic acids is 1. The maximum Gasteiger partial charge on any atom is 0.270 e. The van der Waals surface area contributed by atoms with E-state index in [2.05, 4.69) is 15.2 Å². The van der Waals surface area contributed by atoms with Crippen molar-refractivity contribution in [1.82, 2.24) is 15.2 Å². The Morgan fingerprint density at radius 2 is 2.42 bits per heavy atom. The molecule has 4 nitrogen and oxygen atoms in total. The highest BCUT2D eigenvalue weighted by molar-refractivity contribution is 7.17. The second kappa shape index (κ2) is 4.28. The molecule has 5 heteroatoms. The number of hydrogen-bond donors (Lipinski definition) is 1. The van der Waals surface area contributed by atoms with Crippen LogP contribution in [0.5, 0.6) is 0 Å². The average molecular weight is 273 g/mol. The summed E-state index contributed by atoms with van der Waals surface area (Å²) < 4.78 is 1.12. The smallest absolute Gasteiger partial charge is 0.270 e. The topological polar surface area (TPSA) is 45.2 Å². The van der Waals surface area contributed by atoms with Gasteiger partial charge >= 0.3 is 0 Å². The van der Waals surface area contributed by atoms with Crippen molar-refractivity contribution in [1.29, 1.82) is 0 Å². The first-order chi connectivity index (χ1) is 9.29. The number of piperidine rings is 1. The lowest BCUT2D eigenvalue weighted by Gasteiger charge is -2.22. The van der Waals surface area contributed by atoms with Crippen molar-refractivity contribution in [2.45, 2.75) is 12.5 Å². The first-order valence-corrected chi connectivity index (χ1v) is 7.54. The molecule has 2 aliphatic heterocycles. The number of nitrogens with one attached hydrogen (secondary N) is 1.